The average Bonchev–Trinajstić information content (AvgIpc) is 2.48. The summed E-state index contributed by atoms with van der Waals surface area (Å²) in [5.41, 5.74) is -0.434. The molecule has 1 fully saturated rings. The van der Waals surface area contributed by atoms with E-state index >= 15 is 0 Å². The zero-order valence-electron chi connectivity index (χ0n) is 9.62. The van der Waals surface area contributed by atoms with E-state index in [0.29, 0.717) is 13.0 Å². The van der Waals surface area contributed by atoms with E-state index in [1.165, 1.54) is 0 Å². The zero-order chi connectivity index (χ0) is 11.3. The summed E-state index contributed by atoms with van der Waals surface area (Å²) in [7, 11) is 0. The molecule has 0 unspecified atom stereocenters. The molecule has 15 heavy (non-hydrogen) atoms. The van der Waals surface area contributed by atoms with Crippen LogP contribution in [0.4, 0.5) is 0 Å². The van der Waals surface area contributed by atoms with Gasteiger partial charge in [-0.25, -0.2) is 0 Å². The number of carbonyl (C=O) groups excluding carboxylic acids is 1. The van der Waals surface area contributed by atoms with Crippen LogP contribution in [0.3, 0.4) is 0 Å². The number of rotatable bonds is 6. The first-order chi connectivity index (χ1) is 7.12. The van der Waals surface area contributed by atoms with Gasteiger partial charge in [-0.15, -0.1) is 6.58 Å². The van der Waals surface area contributed by atoms with Gasteiger partial charge >= 0.3 is 5.97 Å². The van der Waals surface area contributed by atoms with Gasteiger partial charge in [-0.3, -0.25) is 4.79 Å². The number of carbonyl (C=O) groups is 1. The summed E-state index contributed by atoms with van der Waals surface area (Å²) in [6.07, 6.45) is 4.97. The predicted molar refractivity (Wildman–Crippen MR) is 58.6 cm³/mol. The van der Waals surface area contributed by atoms with Gasteiger partial charge in [0.15, 0.2) is 0 Å². The van der Waals surface area contributed by atoms with Crippen LogP contribution in [-0.4, -0.2) is 24.3 Å². The number of unbranched alkanes of at least 4 members (excludes halogenated alkanes) is 1. The third kappa shape index (κ3) is 3.06. The number of hydrogen-bond acceptors (Lipinski definition) is 3. The van der Waals surface area contributed by atoms with Gasteiger partial charge in [0.1, 0.15) is 11.7 Å². The Labute approximate surface area is 91.4 Å². The van der Waals surface area contributed by atoms with E-state index in [9.17, 15) is 4.79 Å². The molecule has 2 atom stereocenters. The molecule has 1 aliphatic rings. The molecule has 0 spiro atoms. The van der Waals surface area contributed by atoms with Crippen LogP contribution in [0.2, 0.25) is 0 Å². The monoisotopic (exact) mass is 212 g/mol. The Kier molecular flexibility index (Phi) is 4.33. The van der Waals surface area contributed by atoms with Gasteiger partial charge in [0.2, 0.25) is 0 Å². The lowest BCUT2D eigenvalue weighted by atomic mass is 9.93. The van der Waals surface area contributed by atoms with Gasteiger partial charge in [0.25, 0.3) is 0 Å². The second-order valence-corrected chi connectivity index (χ2v) is 4.21. The van der Waals surface area contributed by atoms with Crippen molar-refractivity contribution in [3.63, 3.8) is 0 Å². The Balaban J connectivity index is 2.57. The average molecular weight is 212 g/mol. The fraction of sp³-hybridized carbons (Fsp3) is 0.750. The van der Waals surface area contributed by atoms with Gasteiger partial charge in [0.05, 0.1) is 13.0 Å². The minimum atomic E-state index is -0.434. The lowest BCUT2D eigenvalue weighted by Gasteiger charge is -2.28. The van der Waals surface area contributed by atoms with Crippen LogP contribution in [0.5, 0.6) is 0 Å². The second-order valence-electron chi connectivity index (χ2n) is 4.21. The van der Waals surface area contributed by atoms with Crippen LogP contribution in [0.1, 0.15) is 39.5 Å². The van der Waals surface area contributed by atoms with Crippen molar-refractivity contribution in [2.45, 2.75) is 51.2 Å². The van der Waals surface area contributed by atoms with E-state index in [0.717, 1.165) is 19.3 Å². The third-order valence-electron chi connectivity index (χ3n) is 2.82. The van der Waals surface area contributed by atoms with Crippen molar-refractivity contribution in [1.29, 1.82) is 0 Å². The standard InChI is InChI=1S/C12H20O3/c1-4-6-7-12(3)10(14-8-5-2)9-11(13)15-12/h5,10H,2,4,6-9H2,1,3H3/t10-,12-/m1/s1. The molecule has 0 amide bonds. The molecule has 0 aromatic heterocycles. The molecule has 0 aliphatic carbocycles. The van der Waals surface area contributed by atoms with Gasteiger partial charge in [-0.05, 0) is 19.8 Å². The number of hydrogen-bond donors (Lipinski definition) is 0. The van der Waals surface area contributed by atoms with Crippen LogP contribution < -0.4 is 0 Å². The number of cyclic esters (lactones) is 1. The highest BCUT2D eigenvalue weighted by Crippen LogP contribution is 2.33. The molecule has 0 aromatic carbocycles. The maximum Gasteiger partial charge on any atom is 0.309 e. The summed E-state index contributed by atoms with van der Waals surface area (Å²) >= 11 is 0. The lowest BCUT2D eigenvalue weighted by molar-refractivity contribution is -0.151. The highest BCUT2D eigenvalue weighted by atomic mass is 16.6. The van der Waals surface area contributed by atoms with Crippen LogP contribution >= 0.6 is 0 Å². The lowest BCUT2D eigenvalue weighted by Crippen LogP contribution is -2.37. The molecule has 3 nitrogen and oxygen atoms in total. The third-order valence-corrected chi connectivity index (χ3v) is 2.82. The summed E-state index contributed by atoms with van der Waals surface area (Å²) < 4.78 is 10.9. The van der Waals surface area contributed by atoms with Crippen molar-refractivity contribution in [3.05, 3.63) is 12.7 Å². The Bertz CT molecular complexity index is 237. The first-order valence-corrected chi connectivity index (χ1v) is 5.56. The van der Waals surface area contributed by atoms with Gasteiger partial charge in [0, 0.05) is 0 Å². The molecule has 1 aliphatic heterocycles. The molecular weight excluding hydrogens is 192 g/mol. The van der Waals surface area contributed by atoms with Crippen LogP contribution in [0.15, 0.2) is 12.7 Å². The Morgan fingerprint density at radius 1 is 1.73 bits per heavy atom. The van der Waals surface area contributed by atoms with Crippen molar-refractivity contribution >= 4 is 5.97 Å². The first-order valence-electron chi connectivity index (χ1n) is 5.56. The summed E-state index contributed by atoms with van der Waals surface area (Å²) in [6.45, 7) is 8.16. The molecule has 0 N–H and O–H groups in total. The summed E-state index contributed by atoms with van der Waals surface area (Å²) in [5, 5.41) is 0. The molecule has 1 saturated heterocycles. The maximum atomic E-state index is 11.3. The highest BCUT2D eigenvalue weighted by Gasteiger charge is 2.45. The molecular formula is C12H20O3. The van der Waals surface area contributed by atoms with Crippen molar-refractivity contribution in [2.75, 3.05) is 6.61 Å². The Morgan fingerprint density at radius 2 is 2.47 bits per heavy atom. The maximum absolute atomic E-state index is 11.3. The minimum Gasteiger partial charge on any atom is -0.456 e. The van der Waals surface area contributed by atoms with Crippen molar-refractivity contribution in [1.82, 2.24) is 0 Å². The largest absolute Gasteiger partial charge is 0.456 e. The fourth-order valence-electron chi connectivity index (χ4n) is 1.89. The molecule has 0 bridgehead atoms. The van der Waals surface area contributed by atoms with E-state index in [1.807, 2.05) is 6.92 Å². The molecule has 1 heterocycles. The Hall–Kier alpha value is -0.830. The SMILES string of the molecule is C=CCO[C@@H]1CC(=O)O[C@]1(C)CCCC. The topological polar surface area (TPSA) is 35.5 Å². The minimum absolute atomic E-state index is 0.116. The molecule has 1 rings (SSSR count). The quantitative estimate of drug-likeness (QED) is 0.501. The van der Waals surface area contributed by atoms with E-state index in [2.05, 4.69) is 13.5 Å². The highest BCUT2D eigenvalue weighted by molar-refractivity contribution is 5.73. The normalized spacial score (nSPS) is 30.3. The molecule has 3 heteroatoms. The van der Waals surface area contributed by atoms with Crippen molar-refractivity contribution in [2.24, 2.45) is 0 Å². The van der Waals surface area contributed by atoms with E-state index in [1.54, 1.807) is 6.08 Å². The van der Waals surface area contributed by atoms with E-state index < -0.39 is 5.60 Å². The molecule has 0 saturated carbocycles. The van der Waals surface area contributed by atoms with E-state index in [-0.39, 0.29) is 12.1 Å². The smallest absolute Gasteiger partial charge is 0.309 e. The van der Waals surface area contributed by atoms with Crippen LogP contribution in [-0.2, 0) is 14.3 Å². The van der Waals surface area contributed by atoms with Gasteiger partial charge < -0.3 is 9.47 Å². The van der Waals surface area contributed by atoms with Crippen molar-refractivity contribution < 1.29 is 14.3 Å². The van der Waals surface area contributed by atoms with Gasteiger partial charge in [-0.1, -0.05) is 19.4 Å². The van der Waals surface area contributed by atoms with Crippen LogP contribution in [0, 0.1) is 0 Å². The summed E-state index contributed by atoms with van der Waals surface area (Å²) in [4.78, 5) is 11.3. The van der Waals surface area contributed by atoms with Gasteiger partial charge in [-0.2, -0.15) is 0 Å². The summed E-state index contributed by atoms with van der Waals surface area (Å²) in [6, 6.07) is 0. The van der Waals surface area contributed by atoms with Crippen molar-refractivity contribution in [3.8, 4) is 0 Å². The predicted octanol–water partition coefficient (Wildman–Crippen LogP) is 2.45. The van der Waals surface area contributed by atoms with E-state index in [4.69, 9.17) is 9.47 Å². The molecule has 0 aromatic rings. The number of ether oxygens (including phenoxy) is 2. The number of esters is 1. The van der Waals surface area contributed by atoms with Crippen LogP contribution in [0.25, 0.3) is 0 Å². The zero-order valence-corrected chi connectivity index (χ0v) is 9.62. The summed E-state index contributed by atoms with van der Waals surface area (Å²) in [5.74, 6) is -0.150. The second kappa shape index (κ2) is 5.31. The molecule has 86 valence electrons. The first kappa shape index (κ1) is 12.2. The molecule has 0 radical (unpaired) electrons. The Morgan fingerprint density at radius 3 is 3.07 bits per heavy atom. The fourth-order valence-corrected chi connectivity index (χ4v) is 1.89.